The highest BCUT2D eigenvalue weighted by Gasteiger charge is 2.09. The van der Waals surface area contributed by atoms with E-state index >= 15 is 0 Å². The molecule has 0 aromatic heterocycles. The van der Waals surface area contributed by atoms with E-state index in [-0.39, 0.29) is 11.8 Å². The smallest absolute Gasteiger partial charge is 0.321 e. The Morgan fingerprint density at radius 2 is 2.00 bits per heavy atom. The third kappa shape index (κ3) is 3.98. The molecule has 0 atom stereocenters. The number of benzene rings is 2. The molecule has 21 heavy (non-hydrogen) atoms. The normalized spacial score (nSPS) is 9.71. The van der Waals surface area contributed by atoms with Crippen LogP contribution in [0, 0.1) is 11.3 Å². The van der Waals surface area contributed by atoms with Crippen LogP contribution in [0.5, 0.6) is 5.75 Å². The molecule has 0 heterocycles. The Bertz CT molecular complexity index is 675. The summed E-state index contributed by atoms with van der Waals surface area (Å²) < 4.78 is 0. The van der Waals surface area contributed by atoms with Crippen LogP contribution >= 0.6 is 0 Å². The summed E-state index contributed by atoms with van der Waals surface area (Å²) >= 11 is 0. The van der Waals surface area contributed by atoms with Crippen LogP contribution < -0.4 is 5.32 Å². The van der Waals surface area contributed by atoms with E-state index in [0.29, 0.717) is 17.8 Å². The Kier molecular flexibility index (Phi) is 4.42. The van der Waals surface area contributed by atoms with Gasteiger partial charge in [0.15, 0.2) is 0 Å². The molecule has 0 unspecified atom stereocenters. The number of phenolic OH excluding ortho intramolecular Hbond substituents is 1. The van der Waals surface area contributed by atoms with Crippen LogP contribution in [0.4, 0.5) is 10.5 Å². The number of aromatic hydroxyl groups is 1. The largest absolute Gasteiger partial charge is 0.508 e. The number of nitrogens with zero attached hydrogens (tertiary/aromatic N) is 2. The minimum Gasteiger partial charge on any atom is -0.508 e. The summed E-state index contributed by atoms with van der Waals surface area (Å²) in [6.07, 6.45) is 0. The first-order valence-corrected chi connectivity index (χ1v) is 6.38. The maximum Gasteiger partial charge on any atom is 0.321 e. The lowest BCUT2D eigenvalue weighted by Crippen LogP contribution is -2.30. The highest BCUT2D eigenvalue weighted by Crippen LogP contribution is 2.13. The summed E-state index contributed by atoms with van der Waals surface area (Å²) in [7, 11) is 1.68. The molecule has 0 radical (unpaired) electrons. The molecule has 0 spiro atoms. The lowest BCUT2D eigenvalue weighted by molar-refractivity contribution is 0.220. The highest BCUT2D eigenvalue weighted by atomic mass is 16.3. The molecule has 2 N–H and O–H groups in total. The van der Waals surface area contributed by atoms with Gasteiger partial charge in [-0.15, -0.1) is 0 Å². The van der Waals surface area contributed by atoms with Crippen molar-refractivity contribution < 1.29 is 9.90 Å². The molecule has 5 nitrogen and oxygen atoms in total. The first-order chi connectivity index (χ1) is 10.1. The van der Waals surface area contributed by atoms with E-state index in [0.717, 1.165) is 5.56 Å². The molecule has 0 saturated carbocycles. The van der Waals surface area contributed by atoms with E-state index in [1.807, 2.05) is 6.07 Å². The summed E-state index contributed by atoms with van der Waals surface area (Å²) in [5, 5.41) is 20.8. The average molecular weight is 281 g/mol. The van der Waals surface area contributed by atoms with Gasteiger partial charge in [0.25, 0.3) is 0 Å². The molecule has 0 fully saturated rings. The van der Waals surface area contributed by atoms with Gasteiger partial charge in [0, 0.05) is 19.3 Å². The van der Waals surface area contributed by atoms with Crippen molar-refractivity contribution in [1.29, 1.82) is 5.26 Å². The number of urea groups is 1. The maximum atomic E-state index is 12.1. The number of amides is 2. The van der Waals surface area contributed by atoms with Gasteiger partial charge in [-0.1, -0.05) is 18.2 Å². The maximum absolute atomic E-state index is 12.1. The van der Waals surface area contributed by atoms with Gasteiger partial charge in [0.1, 0.15) is 5.75 Å². The minimum atomic E-state index is -0.266. The number of anilines is 1. The van der Waals surface area contributed by atoms with E-state index in [4.69, 9.17) is 5.26 Å². The highest BCUT2D eigenvalue weighted by molar-refractivity contribution is 5.89. The summed E-state index contributed by atoms with van der Waals surface area (Å²) in [4.78, 5) is 13.6. The lowest BCUT2D eigenvalue weighted by atomic mass is 10.2. The second kappa shape index (κ2) is 6.44. The fourth-order valence-corrected chi connectivity index (χ4v) is 1.83. The Balaban J connectivity index is 1.99. The summed E-state index contributed by atoms with van der Waals surface area (Å²) in [6.45, 7) is 0.421. The predicted octanol–water partition coefficient (Wildman–Crippen LogP) is 2.93. The van der Waals surface area contributed by atoms with Crippen molar-refractivity contribution >= 4 is 11.7 Å². The minimum absolute atomic E-state index is 0.194. The number of nitrogens with one attached hydrogen (secondary N) is 1. The fourth-order valence-electron chi connectivity index (χ4n) is 1.83. The SMILES string of the molecule is CN(Cc1ccc(O)cc1)C(=O)Nc1cccc(C#N)c1. The topological polar surface area (TPSA) is 76.4 Å². The van der Waals surface area contributed by atoms with Crippen LogP contribution in [-0.2, 0) is 6.54 Å². The zero-order chi connectivity index (χ0) is 15.2. The summed E-state index contributed by atoms with van der Waals surface area (Å²) in [5.41, 5.74) is 1.99. The Labute approximate surface area is 123 Å². The quantitative estimate of drug-likeness (QED) is 0.908. The predicted molar refractivity (Wildman–Crippen MR) is 79.7 cm³/mol. The second-order valence-corrected chi connectivity index (χ2v) is 4.65. The van der Waals surface area contributed by atoms with Crippen LogP contribution in [0.1, 0.15) is 11.1 Å². The van der Waals surface area contributed by atoms with Gasteiger partial charge in [-0.3, -0.25) is 0 Å². The van der Waals surface area contributed by atoms with Crippen LogP contribution in [0.25, 0.3) is 0 Å². The zero-order valence-electron chi connectivity index (χ0n) is 11.6. The van der Waals surface area contributed by atoms with E-state index in [9.17, 15) is 9.90 Å². The van der Waals surface area contributed by atoms with Crippen molar-refractivity contribution in [2.75, 3.05) is 12.4 Å². The van der Waals surface area contributed by atoms with E-state index in [1.165, 1.54) is 4.90 Å². The van der Waals surface area contributed by atoms with Gasteiger partial charge in [-0.2, -0.15) is 5.26 Å². The van der Waals surface area contributed by atoms with Gasteiger partial charge in [-0.25, -0.2) is 4.79 Å². The van der Waals surface area contributed by atoms with Crippen molar-refractivity contribution in [3.63, 3.8) is 0 Å². The Hall–Kier alpha value is -3.00. The van der Waals surface area contributed by atoms with E-state index < -0.39 is 0 Å². The number of carbonyl (C=O) groups excluding carboxylic acids is 1. The molecule has 2 rings (SSSR count). The average Bonchev–Trinajstić information content (AvgIpc) is 2.49. The van der Waals surface area contributed by atoms with Crippen molar-refractivity contribution in [1.82, 2.24) is 4.90 Å². The molecule has 2 amide bonds. The lowest BCUT2D eigenvalue weighted by Gasteiger charge is -2.18. The van der Waals surface area contributed by atoms with Gasteiger partial charge < -0.3 is 15.3 Å². The molecule has 0 saturated heterocycles. The Morgan fingerprint density at radius 3 is 2.67 bits per heavy atom. The molecule has 0 aliphatic heterocycles. The monoisotopic (exact) mass is 281 g/mol. The molecular weight excluding hydrogens is 266 g/mol. The second-order valence-electron chi connectivity index (χ2n) is 4.65. The van der Waals surface area contributed by atoms with Gasteiger partial charge in [-0.05, 0) is 35.9 Å². The molecule has 0 bridgehead atoms. The van der Waals surface area contributed by atoms with E-state index in [2.05, 4.69) is 5.32 Å². The first-order valence-electron chi connectivity index (χ1n) is 6.38. The van der Waals surface area contributed by atoms with Crippen molar-refractivity contribution in [2.45, 2.75) is 6.54 Å². The molecule has 0 aliphatic carbocycles. The van der Waals surface area contributed by atoms with Gasteiger partial charge in [0.05, 0.1) is 11.6 Å². The first kappa shape index (κ1) is 14.4. The zero-order valence-corrected chi connectivity index (χ0v) is 11.6. The third-order valence-corrected chi connectivity index (χ3v) is 2.95. The van der Waals surface area contributed by atoms with Crippen LogP contribution in [0.15, 0.2) is 48.5 Å². The van der Waals surface area contributed by atoms with Gasteiger partial charge in [0.2, 0.25) is 0 Å². The molecule has 2 aromatic carbocycles. The summed E-state index contributed by atoms with van der Waals surface area (Å²) in [5.74, 6) is 0.194. The number of hydrogen-bond acceptors (Lipinski definition) is 3. The van der Waals surface area contributed by atoms with Crippen molar-refractivity contribution in [3.8, 4) is 11.8 Å². The van der Waals surface area contributed by atoms with Crippen molar-refractivity contribution in [2.24, 2.45) is 0 Å². The number of phenols is 1. The standard InChI is InChI=1S/C16H15N3O2/c1-19(11-12-5-7-15(20)8-6-12)16(21)18-14-4-2-3-13(9-14)10-17/h2-9,20H,11H2,1H3,(H,18,21). The number of carbonyl (C=O) groups is 1. The molecule has 2 aromatic rings. The van der Waals surface area contributed by atoms with Crippen LogP contribution in [-0.4, -0.2) is 23.1 Å². The van der Waals surface area contributed by atoms with Gasteiger partial charge >= 0.3 is 6.03 Å². The van der Waals surface area contributed by atoms with Crippen LogP contribution in [0.2, 0.25) is 0 Å². The van der Waals surface area contributed by atoms with Crippen molar-refractivity contribution in [3.05, 3.63) is 59.7 Å². The molecule has 106 valence electrons. The number of nitriles is 1. The Morgan fingerprint density at radius 1 is 1.29 bits per heavy atom. The number of rotatable bonds is 3. The number of hydrogen-bond donors (Lipinski definition) is 2. The third-order valence-electron chi connectivity index (χ3n) is 2.95. The van der Waals surface area contributed by atoms with Crippen LogP contribution in [0.3, 0.4) is 0 Å². The molecule has 5 heteroatoms. The summed E-state index contributed by atoms with van der Waals surface area (Å²) in [6, 6.07) is 15.2. The molecular formula is C16H15N3O2. The fraction of sp³-hybridized carbons (Fsp3) is 0.125. The van der Waals surface area contributed by atoms with E-state index in [1.54, 1.807) is 55.6 Å². The molecule has 0 aliphatic rings.